The van der Waals surface area contributed by atoms with Crippen LogP contribution in [0.4, 0.5) is 9.59 Å². The van der Waals surface area contributed by atoms with Crippen molar-refractivity contribution in [3.05, 3.63) is 143 Å². The lowest BCUT2D eigenvalue weighted by Crippen LogP contribution is -2.33. The van der Waals surface area contributed by atoms with Crippen molar-refractivity contribution in [1.82, 2.24) is 30.4 Å². The number of urea groups is 2. The molecule has 2 aromatic heterocycles. The predicted molar refractivity (Wildman–Crippen MR) is 250 cm³/mol. The number of imide groups is 2. The molecule has 4 unspecified atom stereocenters. The fourth-order valence-corrected chi connectivity index (χ4v) is 8.46. The minimum atomic E-state index is -1.07. The van der Waals surface area contributed by atoms with Gasteiger partial charge in [-0.2, -0.15) is 0 Å². The third-order valence-electron chi connectivity index (χ3n) is 12.1. The SMILES string of the molecule is COc1ccc(CCN2C(=O)NC(Cc3ccc4[nH]cc(CC(N)OC(=O)/C=C\C(=O)OC(N)Cc5c[nH]c6ccc(CC7NC(=O)N(CCc8ccc(OC)cc8)C7=O)cc56)c4c3)C2=O)cc1. The van der Waals surface area contributed by atoms with Gasteiger partial charge < -0.3 is 39.5 Å². The molecule has 0 spiro atoms. The quantitative estimate of drug-likeness (QED) is 0.0274. The smallest absolute Gasteiger partial charge is 0.332 e. The van der Waals surface area contributed by atoms with Crippen molar-refractivity contribution in [3.8, 4) is 11.5 Å². The van der Waals surface area contributed by atoms with Gasteiger partial charge in [-0.1, -0.05) is 36.4 Å². The monoisotopic (exact) mass is 924 g/mol. The molecule has 4 aromatic carbocycles. The lowest BCUT2D eigenvalue weighted by atomic mass is 10.0. The maximum Gasteiger partial charge on any atom is 0.332 e. The van der Waals surface area contributed by atoms with Crippen molar-refractivity contribution in [3.63, 3.8) is 0 Å². The molecular formula is C50H52N8O10. The second-order valence-electron chi connectivity index (χ2n) is 16.7. The summed E-state index contributed by atoms with van der Waals surface area (Å²) >= 11 is 0. The maximum atomic E-state index is 13.2. The molecule has 0 saturated carbocycles. The highest BCUT2D eigenvalue weighted by molar-refractivity contribution is 6.05. The van der Waals surface area contributed by atoms with Gasteiger partial charge in [0.2, 0.25) is 0 Å². The maximum absolute atomic E-state index is 13.2. The van der Waals surface area contributed by atoms with Crippen LogP contribution in [-0.4, -0.2) is 107 Å². The number of nitrogens with zero attached hydrogens (tertiary/aromatic N) is 2. The van der Waals surface area contributed by atoms with E-state index in [9.17, 15) is 28.8 Å². The Morgan fingerprint density at radius 3 is 1.35 bits per heavy atom. The molecule has 2 saturated heterocycles. The molecule has 2 fully saturated rings. The van der Waals surface area contributed by atoms with E-state index in [4.69, 9.17) is 30.4 Å². The third-order valence-corrected chi connectivity index (χ3v) is 12.1. The first kappa shape index (κ1) is 46.6. The number of ether oxygens (including phenoxy) is 4. The summed E-state index contributed by atoms with van der Waals surface area (Å²) in [5.41, 5.74) is 19.1. The number of hydrogen-bond acceptors (Lipinski definition) is 12. The number of carbonyl (C=O) groups is 6. The summed E-state index contributed by atoms with van der Waals surface area (Å²) in [6, 6.07) is 23.9. The van der Waals surface area contributed by atoms with Gasteiger partial charge >= 0.3 is 24.0 Å². The Hall–Kier alpha value is -7.96. The van der Waals surface area contributed by atoms with Crippen LogP contribution in [0.2, 0.25) is 0 Å². The summed E-state index contributed by atoms with van der Waals surface area (Å²) in [7, 11) is 3.18. The molecule has 18 nitrogen and oxygen atoms in total. The summed E-state index contributed by atoms with van der Waals surface area (Å²) < 4.78 is 21.1. The Labute approximate surface area is 390 Å². The molecule has 6 aromatic rings. The number of amides is 6. The fourth-order valence-electron chi connectivity index (χ4n) is 8.46. The minimum Gasteiger partial charge on any atom is -0.497 e. The number of H-pyrrole nitrogens is 2. The summed E-state index contributed by atoms with van der Waals surface area (Å²) in [6.07, 6.45) is 5.04. The molecule has 8 N–H and O–H groups in total. The largest absolute Gasteiger partial charge is 0.497 e. The van der Waals surface area contributed by atoms with Gasteiger partial charge in [0.25, 0.3) is 11.8 Å². The summed E-state index contributed by atoms with van der Waals surface area (Å²) in [6.45, 7) is 0.488. The molecule has 8 rings (SSSR count). The summed E-state index contributed by atoms with van der Waals surface area (Å²) in [4.78, 5) is 86.2. The lowest BCUT2D eigenvalue weighted by Gasteiger charge is -2.14. The zero-order chi connectivity index (χ0) is 47.9. The Bertz CT molecular complexity index is 2680. The predicted octanol–water partition coefficient (Wildman–Crippen LogP) is 4.08. The van der Waals surface area contributed by atoms with Gasteiger partial charge in [0.15, 0.2) is 12.5 Å². The number of nitrogens with two attached hydrogens (primary N) is 2. The number of benzene rings is 4. The van der Waals surface area contributed by atoms with E-state index < -0.39 is 48.5 Å². The van der Waals surface area contributed by atoms with Crippen molar-refractivity contribution >= 4 is 57.6 Å². The number of rotatable bonds is 20. The number of aromatic amines is 2. The highest BCUT2D eigenvalue weighted by atomic mass is 16.6. The van der Waals surface area contributed by atoms with E-state index in [0.29, 0.717) is 12.8 Å². The molecule has 2 aliphatic rings. The third kappa shape index (κ3) is 11.0. The van der Waals surface area contributed by atoms with Crippen LogP contribution in [0.3, 0.4) is 0 Å². The number of hydrogen-bond donors (Lipinski definition) is 6. The molecule has 18 heteroatoms. The van der Waals surface area contributed by atoms with Crippen molar-refractivity contribution in [2.24, 2.45) is 11.5 Å². The van der Waals surface area contributed by atoms with Gasteiger partial charge in [0.05, 0.1) is 14.2 Å². The second-order valence-corrected chi connectivity index (χ2v) is 16.7. The van der Waals surface area contributed by atoms with Crippen LogP contribution < -0.4 is 31.6 Å². The Kier molecular flexibility index (Phi) is 14.2. The Morgan fingerprint density at radius 1 is 0.588 bits per heavy atom. The van der Waals surface area contributed by atoms with Crippen molar-refractivity contribution in [1.29, 1.82) is 0 Å². The second kappa shape index (κ2) is 20.7. The summed E-state index contributed by atoms with van der Waals surface area (Å²) in [5, 5.41) is 7.21. The zero-order valence-electron chi connectivity index (χ0n) is 37.5. The number of aromatic nitrogens is 2. The van der Waals surface area contributed by atoms with E-state index in [2.05, 4.69) is 20.6 Å². The standard InChI is InChI=1S/C50H52N8O10/c1-65-35-9-3-29(4-10-35)17-19-57-47(61)41(55-49(57)63)23-31-7-13-39-37(21-31)33(27-53-39)25-43(51)67-45(59)15-16-46(60)68-44(52)26-34-28-54-40-14-8-32(22-38(34)40)24-42-48(62)58(50(64)56-42)20-18-30-5-11-36(66-2)12-6-30/h3-16,21-22,27-28,41-44,53-54H,17-20,23-26,51-52H2,1-2H3,(H,55,63)(H,56,64)/b16-15-. The van der Waals surface area contributed by atoms with Crippen molar-refractivity contribution < 1.29 is 47.7 Å². The Morgan fingerprint density at radius 2 is 0.971 bits per heavy atom. The van der Waals surface area contributed by atoms with E-state index in [0.717, 1.165) is 78.8 Å². The molecule has 6 amide bonds. The average Bonchev–Trinajstić information content (AvgIpc) is 4.06. The molecule has 4 heterocycles. The van der Waals surface area contributed by atoms with Gasteiger partial charge in [-0.25, -0.2) is 19.2 Å². The normalized spacial score (nSPS) is 16.9. The Balaban J connectivity index is 0.789. The minimum absolute atomic E-state index is 0.137. The molecule has 0 radical (unpaired) electrons. The first-order valence-electron chi connectivity index (χ1n) is 22.1. The van der Waals surface area contributed by atoms with Crippen molar-refractivity contribution in [2.45, 2.75) is 63.1 Å². The van der Waals surface area contributed by atoms with Gasteiger partial charge in [-0.3, -0.25) is 30.9 Å². The van der Waals surface area contributed by atoms with Crippen LogP contribution in [-0.2, 0) is 67.2 Å². The van der Waals surface area contributed by atoms with E-state index >= 15 is 0 Å². The number of carbonyl (C=O) groups excluding carboxylic acids is 6. The van der Waals surface area contributed by atoms with Gasteiger partial charge in [-0.15, -0.1) is 0 Å². The molecule has 2 aliphatic heterocycles. The fraction of sp³-hybridized carbons (Fsp3) is 0.280. The van der Waals surface area contributed by atoms with Gasteiger partial charge in [0.1, 0.15) is 23.6 Å². The summed E-state index contributed by atoms with van der Waals surface area (Å²) in [5.74, 6) is -0.874. The highest BCUT2D eigenvalue weighted by Gasteiger charge is 2.39. The van der Waals surface area contributed by atoms with Crippen LogP contribution in [0.1, 0.15) is 33.4 Å². The molecular weight excluding hydrogens is 873 g/mol. The van der Waals surface area contributed by atoms with Gasteiger partial charge in [0, 0.05) is 85.1 Å². The molecule has 68 heavy (non-hydrogen) atoms. The zero-order valence-corrected chi connectivity index (χ0v) is 37.5. The molecule has 352 valence electrons. The van der Waals surface area contributed by atoms with Crippen LogP contribution in [0.25, 0.3) is 21.8 Å². The van der Waals surface area contributed by atoms with E-state index in [1.807, 2.05) is 84.9 Å². The van der Waals surface area contributed by atoms with Crippen LogP contribution in [0.15, 0.2) is 109 Å². The van der Waals surface area contributed by atoms with E-state index in [-0.39, 0.29) is 50.6 Å². The average molecular weight is 925 g/mol. The molecule has 0 aliphatic carbocycles. The van der Waals surface area contributed by atoms with E-state index in [1.165, 1.54) is 9.80 Å². The van der Waals surface area contributed by atoms with E-state index in [1.54, 1.807) is 26.6 Å². The number of nitrogens with one attached hydrogen (secondary N) is 4. The number of esters is 2. The number of fused-ring (bicyclic) bond motifs is 2. The van der Waals surface area contributed by atoms with Crippen LogP contribution in [0, 0.1) is 0 Å². The number of methoxy groups -OCH3 is 2. The van der Waals surface area contributed by atoms with Crippen LogP contribution in [0.5, 0.6) is 11.5 Å². The highest BCUT2D eigenvalue weighted by Crippen LogP contribution is 2.25. The van der Waals surface area contributed by atoms with Crippen molar-refractivity contribution in [2.75, 3.05) is 27.3 Å². The topological polar surface area (TPSA) is 253 Å². The lowest BCUT2D eigenvalue weighted by molar-refractivity contribution is -0.145. The molecule has 4 atom stereocenters. The first-order chi connectivity index (χ1) is 32.8. The van der Waals surface area contributed by atoms with Crippen LogP contribution >= 0.6 is 0 Å². The molecule has 0 bridgehead atoms. The van der Waals surface area contributed by atoms with Gasteiger partial charge in [-0.05, 0) is 94.8 Å². The first-order valence-corrected chi connectivity index (χ1v) is 22.1.